The summed E-state index contributed by atoms with van der Waals surface area (Å²) >= 11 is 0. The molecule has 1 amide bonds. The van der Waals surface area contributed by atoms with Crippen molar-refractivity contribution in [3.05, 3.63) is 29.3 Å². The molecule has 1 N–H and O–H groups in total. The number of hydrogen-bond acceptors (Lipinski definition) is 2. The maximum absolute atomic E-state index is 12.6. The van der Waals surface area contributed by atoms with Gasteiger partial charge in [-0.25, -0.2) is 0 Å². The lowest BCUT2D eigenvalue weighted by molar-refractivity contribution is 0.0675. The van der Waals surface area contributed by atoms with E-state index in [0.717, 1.165) is 24.8 Å². The average molecular weight is 247 g/mol. The number of benzene rings is 1. The number of likely N-dealkylation sites (tertiary alicyclic amines) is 1. The second-order valence-electron chi connectivity index (χ2n) is 5.20. The Morgan fingerprint density at radius 2 is 2.17 bits per heavy atom. The van der Waals surface area contributed by atoms with Crippen molar-refractivity contribution in [3.63, 3.8) is 0 Å². The van der Waals surface area contributed by atoms with Crippen molar-refractivity contribution in [1.82, 2.24) is 4.90 Å². The lowest BCUT2D eigenvalue weighted by Crippen LogP contribution is -2.39. The number of phenols is 1. The SMILES string of the molecule is CCC1CCC(C)N1C(=O)c1ccc(O)cc1C. The van der Waals surface area contributed by atoms with Gasteiger partial charge in [0.05, 0.1) is 0 Å². The Hall–Kier alpha value is -1.51. The molecular formula is C15H21NO2. The fourth-order valence-electron chi connectivity index (χ4n) is 2.87. The van der Waals surface area contributed by atoms with Gasteiger partial charge in [-0.15, -0.1) is 0 Å². The Morgan fingerprint density at radius 3 is 2.78 bits per heavy atom. The minimum absolute atomic E-state index is 0.101. The molecule has 0 aromatic heterocycles. The number of carbonyl (C=O) groups is 1. The molecule has 0 radical (unpaired) electrons. The van der Waals surface area contributed by atoms with E-state index in [2.05, 4.69) is 13.8 Å². The summed E-state index contributed by atoms with van der Waals surface area (Å²) in [7, 11) is 0. The molecular weight excluding hydrogens is 226 g/mol. The largest absolute Gasteiger partial charge is 0.508 e. The first-order chi connectivity index (χ1) is 8.54. The third kappa shape index (κ3) is 2.22. The summed E-state index contributed by atoms with van der Waals surface area (Å²) in [6.07, 6.45) is 3.19. The molecule has 1 aromatic rings. The van der Waals surface area contributed by atoms with Crippen molar-refractivity contribution in [3.8, 4) is 5.75 Å². The summed E-state index contributed by atoms with van der Waals surface area (Å²) in [5.41, 5.74) is 1.55. The lowest BCUT2D eigenvalue weighted by Gasteiger charge is -2.28. The third-order valence-electron chi connectivity index (χ3n) is 3.93. The van der Waals surface area contributed by atoms with Crippen LogP contribution in [0.15, 0.2) is 18.2 Å². The van der Waals surface area contributed by atoms with Crippen LogP contribution in [-0.4, -0.2) is 28.0 Å². The van der Waals surface area contributed by atoms with Crippen molar-refractivity contribution < 1.29 is 9.90 Å². The predicted molar refractivity (Wildman–Crippen MR) is 71.8 cm³/mol. The number of nitrogens with zero attached hydrogens (tertiary/aromatic N) is 1. The van der Waals surface area contributed by atoms with E-state index in [0.29, 0.717) is 17.6 Å². The molecule has 3 heteroatoms. The fourth-order valence-corrected chi connectivity index (χ4v) is 2.87. The highest BCUT2D eigenvalue weighted by molar-refractivity contribution is 5.96. The Morgan fingerprint density at radius 1 is 1.44 bits per heavy atom. The topological polar surface area (TPSA) is 40.5 Å². The van der Waals surface area contributed by atoms with Gasteiger partial charge in [0.2, 0.25) is 0 Å². The predicted octanol–water partition coefficient (Wildman–Crippen LogP) is 3.10. The number of carbonyl (C=O) groups excluding carboxylic acids is 1. The van der Waals surface area contributed by atoms with Crippen LogP contribution in [0.2, 0.25) is 0 Å². The Bertz CT molecular complexity index is 456. The Balaban J connectivity index is 2.30. The molecule has 98 valence electrons. The number of amides is 1. The summed E-state index contributed by atoms with van der Waals surface area (Å²) in [5, 5.41) is 9.41. The molecule has 0 saturated carbocycles. The molecule has 1 saturated heterocycles. The van der Waals surface area contributed by atoms with Crippen molar-refractivity contribution >= 4 is 5.91 Å². The molecule has 1 fully saturated rings. The quantitative estimate of drug-likeness (QED) is 0.872. The van der Waals surface area contributed by atoms with E-state index in [9.17, 15) is 9.90 Å². The van der Waals surface area contributed by atoms with Crippen molar-refractivity contribution in [2.75, 3.05) is 0 Å². The zero-order valence-electron chi connectivity index (χ0n) is 11.3. The standard InChI is InChI=1S/C15H21NO2/c1-4-12-6-5-11(3)16(12)15(18)14-8-7-13(17)9-10(14)2/h7-9,11-12,17H,4-6H2,1-3H3. The van der Waals surface area contributed by atoms with Crippen LogP contribution in [-0.2, 0) is 0 Å². The molecule has 1 aliphatic rings. The molecule has 2 atom stereocenters. The molecule has 0 spiro atoms. The second kappa shape index (κ2) is 5.01. The molecule has 2 rings (SSSR count). The zero-order valence-corrected chi connectivity index (χ0v) is 11.3. The maximum Gasteiger partial charge on any atom is 0.254 e. The third-order valence-corrected chi connectivity index (χ3v) is 3.93. The molecule has 1 heterocycles. The first-order valence-electron chi connectivity index (χ1n) is 6.66. The number of aryl methyl sites for hydroxylation is 1. The highest BCUT2D eigenvalue weighted by Gasteiger charge is 2.33. The maximum atomic E-state index is 12.6. The molecule has 3 nitrogen and oxygen atoms in total. The van der Waals surface area contributed by atoms with Gasteiger partial charge in [-0.05, 0) is 56.9 Å². The van der Waals surface area contributed by atoms with E-state index >= 15 is 0 Å². The van der Waals surface area contributed by atoms with Gasteiger partial charge in [0.15, 0.2) is 0 Å². The molecule has 0 bridgehead atoms. The van der Waals surface area contributed by atoms with Gasteiger partial charge in [-0.1, -0.05) is 6.92 Å². The normalized spacial score (nSPS) is 23.4. The highest BCUT2D eigenvalue weighted by Crippen LogP contribution is 2.29. The van der Waals surface area contributed by atoms with Crippen LogP contribution < -0.4 is 0 Å². The number of hydrogen-bond donors (Lipinski definition) is 1. The van der Waals surface area contributed by atoms with Gasteiger partial charge < -0.3 is 10.0 Å². The summed E-state index contributed by atoms with van der Waals surface area (Å²) in [6.45, 7) is 6.12. The summed E-state index contributed by atoms with van der Waals surface area (Å²) in [5.74, 6) is 0.315. The van der Waals surface area contributed by atoms with Crippen molar-refractivity contribution in [2.24, 2.45) is 0 Å². The van der Waals surface area contributed by atoms with Gasteiger partial charge in [-0.2, -0.15) is 0 Å². The average Bonchev–Trinajstić information content (AvgIpc) is 2.69. The van der Waals surface area contributed by atoms with E-state index in [1.165, 1.54) is 0 Å². The van der Waals surface area contributed by atoms with E-state index in [4.69, 9.17) is 0 Å². The van der Waals surface area contributed by atoms with E-state index in [1.54, 1.807) is 18.2 Å². The lowest BCUT2D eigenvalue weighted by atomic mass is 10.1. The van der Waals surface area contributed by atoms with Gasteiger partial charge in [-0.3, -0.25) is 4.79 Å². The zero-order chi connectivity index (χ0) is 13.3. The van der Waals surface area contributed by atoms with Gasteiger partial charge >= 0.3 is 0 Å². The van der Waals surface area contributed by atoms with Gasteiger partial charge in [0.25, 0.3) is 5.91 Å². The van der Waals surface area contributed by atoms with E-state index in [1.807, 2.05) is 11.8 Å². The van der Waals surface area contributed by atoms with Crippen molar-refractivity contribution in [2.45, 2.75) is 52.1 Å². The van der Waals surface area contributed by atoms with Crippen LogP contribution in [0, 0.1) is 6.92 Å². The molecule has 18 heavy (non-hydrogen) atoms. The monoisotopic (exact) mass is 247 g/mol. The summed E-state index contributed by atoms with van der Waals surface area (Å²) in [6, 6.07) is 5.64. The first kappa shape index (κ1) is 12.9. The fraction of sp³-hybridized carbons (Fsp3) is 0.533. The van der Waals surface area contributed by atoms with Crippen LogP contribution in [0.1, 0.15) is 49.0 Å². The van der Waals surface area contributed by atoms with Crippen LogP contribution in [0.3, 0.4) is 0 Å². The minimum Gasteiger partial charge on any atom is -0.508 e. The van der Waals surface area contributed by atoms with E-state index in [-0.39, 0.29) is 11.7 Å². The van der Waals surface area contributed by atoms with Crippen LogP contribution in [0.4, 0.5) is 0 Å². The molecule has 1 aliphatic heterocycles. The number of phenolic OH excluding ortho intramolecular Hbond substituents is 1. The second-order valence-corrected chi connectivity index (χ2v) is 5.20. The van der Waals surface area contributed by atoms with E-state index < -0.39 is 0 Å². The highest BCUT2D eigenvalue weighted by atomic mass is 16.3. The molecule has 2 unspecified atom stereocenters. The first-order valence-corrected chi connectivity index (χ1v) is 6.66. The molecule has 1 aromatic carbocycles. The molecule has 0 aliphatic carbocycles. The number of rotatable bonds is 2. The summed E-state index contributed by atoms with van der Waals surface area (Å²) < 4.78 is 0. The van der Waals surface area contributed by atoms with Crippen LogP contribution in [0.25, 0.3) is 0 Å². The van der Waals surface area contributed by atoms with Gasteiger partial charge in [0.1, 0.15) is 5.75 Å². The smallest absolute Gasteiger partial charge is 0.254 e. The van der Waals surface area contributed by atoms with Crippen LogP contribution >= 0.6 is 0 Å². The van der Waals surface area contributed by atoms with Crippen molar-refractivity contribution in [1.29, 1.82) is 0 Å². The Labute approximate surface area is 108 Å². The Kier molecular flexibility index (Phi) is 3.60. The van der Waals surface area contributed by atoms with Crippen LogP contribution in [0.5, 0.6) is 5.75 Å². The number of aromatic hydroxyl groups is 1. The van der Waals surface area contributed by atoms with Gasteiger partial charge in [0, 0.05) is 17.6 Å². The minimum atomic E-state index is 0.101. The summed E-state index contributed by atoms with van der Waals surface area (Å²) in [4.78, 5) is 14.6.